The van der Waals surface area contributed by atoms with Crippen LogP contribution in [0, 0.1) is 11.8 Å². The van der Waals surface area contributed by atoms with Crippen LogP contribution in [0.15, 0.2) is 12.2 Å². The number of likely N-dealkylation sites (tertiary alicyclic amines) is 1. The molecule has 0 saturated carbocycles. The van der Waals surface area contributed by atoms with Gasteiger partial charge in [-0.1, -0.05) is 12.2 Å². The van der Waals surface area contributed by atoms with Gasteiger partial charge in [-0.15, -0.1) is 0 Å². The van der Waals surface area contributed by atoms with Crippen LogP contribution in [-0.4, -0.2) is 59.4 Å². The van der Waals surface area contributed by atoms with Crippen molar-refractivity contribution in [3.05, 3.63) is 12.2 Å². The molecule has 0 aliphatic carbocycles. The summed E-state index contributed by atoms with van der Waals surface area (Å²) in [5.41, 5.74) is -0.719. The Balaban J connectivity index is 1.65. The van der Waals surface area contributed by atoms with Gasteiger partial charge in [0.15, 0.2) is 0 Å². The summed E-state index contributed by atoms with van der Waals surface area (Å²) >= 11 is 0. The molecule has 3 heterocycles. The molecule has 0 aromatic carbocycles. The second-order valence-corrected chi connectivity index (χ2v) is 6.27. The quantitative estimate of drug-likeness (QED) is 0.576. The largest absolute Gasteiger partial charge is 0.481 e. The molecule has 3 rings (SSSR count). The van der Waals surface area contributed by atoms with Gasteiger partial charge in [-0.25, -0.2) is 0 Å². The molecule has 0 radical (unpaired) electrons. The van der Waals surface area contributed by atoms with Crippen LogP contribution in [0.5, 0.6) is 0 Å². The van der Waals surface area contributed by atoms with Crippen LogP contribution in [-0.2, 0) is 19.1 Å². The Morgan fingerprint density at radius 2 is 2.38 bits per heavy atom. The van der Waals surface area contributed by atoms with Crippen LogP contribution < -0.4 is 0 Å². The van der Waals surface area contributed by atoms with Crippen LogP contribution in [0.1, 0.15) is 20.3 Å². The molecule has 4 atom stereocenters. The monoisotopic (exact) mass is 295 g/mol. The normalized spacial score (nSPS) is 36.8. The molecule has 0 aromatic heterocycles. The Morgan fingerprint density at radius 1 is 1.62 bits per heavy atom. The lowest BCUT2D eigenvalue weighted by Crippen LogP contribution is -2.39. The molecular weight excluding hydrogens is 274 g/mol. The molecular formula is C15H21NO5. The first-order chi connectivity index (χ1) is 9.94. The lowest BCUT2D eigenvalue weighted by atomic mass is 9.77. The summed E-state index contributed by atoms with van der Waals surface area (Å²) in [6.45, 7) is 5.58. The minimum absolute atomic E-state index is 0.0983. The molecule has 6 nitrogen and oxygen atoms in total. The van der Waals surface area contributed by atoms with Crippen molar-refractivity contribution < 1.29 is 24.2 Å². The number of ether oxygens (including phenoxy) is 2. The number of carbonyl (C=O) groups excluding carboxylic acids is 1. The number of amides is 1. The minimum atomic E-state index is -0.949. The zero-order valence-corrected chi connectivity index (χ0v) is 12.3. The van der Waals surface area contributed by atoms with Gasteiger partial charge < -0.3 is 19.5 Å². The van der Waals surface area contributed by atoms with E-state index in [1.165, 1.54) is 0 Å². The van der Waals surface area contributed by atoms with Crippen molar-refractivity contribution >= 4 is 11.9 Å². The third-order valence-corrected chi connectivity index (χ3v) is 4.49. The zero-order chi connectivity index (χ0) is 15.2. The lowest BCUT2D eigenvalue weighted by Gasteiger charge is -2.21. The molecule has 1 N–H and O–H groups in total. The van der Waals surface area contributed by atoms with Crippen molar-refractivity contribution in [2.75, 3.05) is 19.7 Å². The maximum Gasteiger partial charge on any atom is 0.310 e. The van der Waals surface area contributed by atoms with Crippen molar-refractivity contribution in [1.29, 1.82) is 0 Å². The highest BCUT2D eigenvalue weighted by Gasteiger charge is 2.66. The van der Waals surface area contributed by atoms with Gasteiger partial charge in [0, 0.05) is 13.2 Å². The molecule has 2 fully saturated rings. The van der Waals surface area contributed by atoms with Gasteiger partial charge in [0.2, 0.25) is 5.91 Å². The standard InChI is InChI=1S/C15H21NO5/c1-9(2)20-7-3-6-16-8-15-5-4-10(21-15)11(14(18)19)12(15)13(16)17/h4-5,9-12H,3,6-8H2,1-2H3,(H,18,19)/t10-,11+,12+,15+/m0/s1. The number of hydrogen-bond acceptors (Lipinski definition) is 4. The van der Waals surface area contributed by atoms with Gasteiger partial charge in [0.25, 0.3) is 0 Å². The average Bonchev–Trinajstić information content (AvgIpc) is 3.03. The molecule has 3 aliphatic rings. The first kappa shape index (κ1) is 14.5. The number of nitrogens with zero attached hydrogens (tertiary/aromatic N) is 1. The highest BCUT2D eigenvalue weighted by molar-refractivity contribution is 5.90. The van der Waals surface area contributed by atoms with Crippen molar-refractivity contribution in [3.8, 4) is 0 Å². The molecule has 0 unspecified atom stereocenters. The first-order valence-corrected chi connectivity index (χ1v) is 7.45. The smallest absolute Gasteiger partial charge is 0.310 e. The topological polar surface area (TPSA) is 76.1 Å². The van der Waals surface area contributed by atoms with E-state index in [0.29, 0.717) is 19.7 Å². The molecule has 0 aromatic rings. The van der Waals surface area contributed by atoms with Crippen molar-refractivity contribution in [2.24, 2.45) is 11.8 Å². The summed E-state index contributed by atoms with van der Waals surface area (Å²) in [4.78, 5) is 25.7. The van der Waals surface area contributed by atoms with E-state index < -0.39 is 29.5 Å². The molecule has 21 heavy (non-hydrogen) atoms. The van der Waals surface area contributed by atoms with Gasteiger partial charge in [0.05, 0.1) is 24.7 Å². The second-order valence-electron chi connectivity index (χ2n) is 6.27. The van der Waals surface area contributed by atoms with E-state index in [2.05, 4.69) is 0 Å². The maximum atomic E-state index is 12.5. The molecule has 6 heteroatoms. The molecule has 1 spiro atoms. The van der Waals surface area contributed by atoms with Crippen molar-refractivity contribution in [2.45, 2.75) is 38.1 Å². The van der Waals surface area contributed by atoms with E-state index in [1.807, 2.05) is 19.9 Å². The van der Waals surface area contributed by atoms with Crippen LogP contribution in [0.4, 0.5) is 0 Å². The van der Waals surface area contributed by atoms with E-state index in [1.54, 1.807) is 11.0 Å². The van der Waals surface area contributed by atoms with Gasteiger partial charge in [0.1, 0.15) is 11.5 Å². The van der Waals surface area contributed by atoms with Crippen LogP contribution in [0.3, 0.4) is 0 Å². The maximum absolute atomic E-state index is 12.5. The van der Waals surface area contributed by atoms with E-state index in [0.717, 1.165) is 6.42 Å². The Bertz CT molecular complexity index is 488. The predicted octanol–water partition coefficient (Wildman–Crippen LogP) is 0.668. The van der Waals surface area contributed by atoms with Crippen LogP contribution in [0.25, 0.3) is 0 Å². The highest BCUT2D eigenvalue weighted by atomic mass is 16.5. The molecule has 3 aliphatic heterocycles. The Morgan fingerprint density at radius 3 is 3.05 bits per heavy atom. The van der Waals surface area contributed by atoms with Crippen molar-refractivity contribution in [1.82, 2.24) is 4.90 Å². The minimum Gasteiger partial charge on any atom is -0.481 e. The number of aliphatic carboxylic acids is 1. The number of carbonyl (C=O) groups is 2. The average molecular weight is 295 g/mol. The molecule has 2 bridgehead atoms. The third kappa shape index (κ3) is 2.26. The summed E-state index contributed by atoms with van der Waals surface area (Å²) in [6.07, 6.45) is 4.13. The second kappa shape index (κ2) is 5.10. The highest BCUT2D eigenvalue weighted by Crippen LogP contribution is 2.51. The number of hydrogen-bond donors (Lipinski definition) is 1. The molecule has 1 amide bonds. The third-order valence-electron chi connectivity index (χ3n) is 4.49. The van der Waals surface area contributed by atoms with E-state index in [9.17, 15) is 14.7 Å². The lowest BCUT2D eigenvalue weighted by molar-refractivity contribution is -0.148. The van der Waals surface area contributed by atoms with Gasteiger partial charge in [-0.3, -0.25) is 9.59 Å². The summed E-state index contributed by atoms with van der Waals surface area (Å²) < 4.78 is 11.3. The molecule has 2 saturated heterocycles. The summed E-state index contributed by atoms with van der Waals surface area (Å²) in [6, 6.07) is 0. The predicted molar refractivity (Wildman–Crippen MR) is 73.6 cm³/mol. The van der Waals surface area contributed by atoms with E-state index >= 15 is 0 Å². The van der Waals surface area contributed by atoms with Crippen LogP contribution in [0.2, 0.25) is 0 Å². The van der Waals surface area contributed by atoms with Gasteiger partial charge >= 0.3 is 5.97 Å². The van der Waals surface area contributed by atoms with Crippen LogP contribution >= 0.6 is 0 Å². The van der Waals surface area contributed by atoms with Crippen molar-refractivity contribution in [3.63, 3.8) is 0 Å². The summed E-state index contributed by atoms with van der Waals surface area (Å²) in [7, 11) is 0. The fourth-order valence-corrected chi connectivity index (χ4v) is 3.62. The fourth-order valence-electron chi connectivity index (χ4n) is 3.62. The van der Waals surface area contributed by atoms with Gasteiger partial charge in [-0.05, 0) is 20.3 Å². The zero-order valence-electron chi connectivity index (χ0n) is 12.3. The summed E-state index contributed by atoms with van der Waals surface area (Å²) in [5, 5.41) is 9.35. The van der Waals surface area contributed by atoms with Gasteiger partial charge in [-0.2, -0.15) is 0 Å². The Kier molecular flexibility index (Phi) is 3.53. The number of fused-ring (bicyclic) bond motifs is 1. The number of carboxylic acids is 1. The van der Waals surface area contributed by atoms with E-state index in [-0.39, 0.29) is 12.0 Å². The number of rotatable bonds is 6. The Hall–Kier alpha value is -1.40. The molecule has 116 valence electrons. The van der Waals surface area contributed by atoms with E-state index in [4.69, 9.17) is 9.47 Å². The Labute approximate surface area is 123 Å². The first-order valence-electron chi connectivity index (χ1n) is 7.45. The number of carboxylic acid groups (broad SMARTS) is 1. The summed E-state index contributed by atoms with van der Waals surface area (Å²) in [5.74, 6) is -2.37. The SMILES string of the molecule is CC(C)OCCCN1C[C@@]23C=C[C@H](O2)[C@@H](C(=O)O)[C@@H]3C1=O. The fraction of sp³-hybridized carbons (Fsp3) is 0.733.